The van der Waals surface area contributed by atoms with Crippen LogP contribution in [-0.4, -0.2) is 19.5 Å². The number of fused-ring (bicyclic) bond motifs is 3. The molecule has 0 atom stereocenters. The molecule has 0 fully saturated rings. The molecule has 2 heterocycles. The fourth-order valence-electron chi connectivity index (χ4n) is 6.45. The van der Waals surface area contributed by atoms with Crippen molar-refractivity contribution in [3.63, 3.8) is 0 Å². The van der Waals surface area contributed by atoms with Gasteiger partial charge in [-0.2, -0.15) is 0 Å². The largest absolute Gasteiger partial charge is 0.309 e. The SMILES string of the molecule is [2H]c1c([2H])c([2H])c(-c2ccc(-c3nc(-c4ccccc4)nc(-c4cccc(-c5ccccc5)c4)n3)cc2-n2c3ccccc3c3ccccc32)c([2H])c1[2H]. The van der Waals surface area contributed by atoms with Crippen molar-refractivity contribution in [2.45, 2.75) is 0 Å². The number of aromatic nitrogens is 4. The van der Waals surface area contributed by atoms with E-state index < -0.39 is 18.1 Å². The van der Waals surface area contributed by atoms with Crippen LogP contribution in [0.5, 0.6) is 0 Å². The summed E-state index contributed by atoms with van der Waals surface area (Å²) >= 11 is 0. The van der Waals surface area contributed by atoms with Crippen LogP contribution in [0.4, 0.5) is 0 Å². The highest BCUT2D eigenvalue weighted by Gasteiger charge is 2.19. The molecule has 49 heavy (non-hydrogen) atoms. The lowest BCUT2D eigenvalue weighted by molar-refractivity contribution is 1.07. The van der Waals surface area contributed by atoms with Gasteiger partial charge in [0, 0.05) is 33.0 Å². The lowest BCUT2D eigenvalue weighted by Gasteiger charge is -2.16. The first-order chi connectivity index (χ1) is 26.4. The van der Waals surface area contributed by atoms with Crippen LogP contribution >= 0.6 is 0 Å². The van der Waals surface area contributed by atoms with Gasteiger partial charge in [-0.15, -0.1) is 0 Å². The molecule has 0 aliphatic heterocycles. The zero-order valence-electron chi connectivity index (χ0n) is 31.2. The molecule has 0 aliphatic carbocycles. The molecular formula is C45H30N4. The van der Waals surface area contributed by atoms with E-state index in [0.29, 0.717) is 34.3 Å². The van der Waals surface area contributed by atoms with E-state index in [4.69, 9.17) is 21.8 Å². The summed E-state index contributed by atoms with van der Waals surface area (Å²) in [5, 5.41) is 2.05. The molecule has 9 rings (SSSR count). The molecule has 0 saturated carbocycles. The Morgan fingerprint density at radius 2 is 0.898 bits per heavy atom. The van der Waals surface area contributed by atoms with Crippen molar-refractivity contribution in [3.05, 3.63) is 182 Å². The maximum Gasteiger partial charge on any atom is 0.164 e. The molecule has 0 bridgehead atoms. The highest BCUT2D eigenvalue weighted by Crippen LogP contribution is 2.38. The summed E-state index contributed by atoms with van der Waals surface area (Å²) in [6, 6.07) is 48.0. The molecule has 0 radical (unpaired) electrons. The van der Waals surface area contributed by atoms with E-state index in [1.807, 2.05) is 115 Å². The molecule has 0 aliphatic rings. The molecule has 0 unspecified atom stereocenters. The lowest BCUT2D eigenvalue weighted by Crippen LogP contribution is -2.02. The summed E-state index contributed by atoms with van der Waals surface area (Å²) in [6.07, 6.45) is 0. The molecule has 7 aromatic carbocycles. The van der Waals surface area contributed by atoms with Crippen molar-refractivity contribution in [2.24, 2.45) is 0 Å². The number of rotatable bonds is 6. The van der Waals surface area contributed by atoms with Crippen molar-refractivity contribution in [3.8, 4) is 62.1 Å². The van der Waals surface area contributed by atoms with E-state index in [9.17, 15) is 0 Å². The summed E-state index contributed by atoms with van der Waals surface area (Å²) < 4.78 is 45.3. The van der Waals surface area contributed by atoms with Crippen LogP contribution in [0.3, 0.4) is 0 Å². The third kappa shape index (κ3) is 5.26. The summed E-state index contributed by atoms with van der Waals surface area (Å²) in [5.74, 6) is 1.44. The minimum Gasteiger partial charge on any atom is -0.309 e. The Morgan fingerprint density at radius 1 is 0.388 bits per heavy atom. The Balaban J connectivity index is 1.33. The molecule has 2 aromatic heterocycles. The van der Waals surface area contributed by atoms with E-state index in [0.717, 1.165) is 44.1 Å². The number of benzene rings is 7. The van der Waals surface area contributed by atoms with Gasteiger partial charge < -0.3 is 4.57 Å². The monoisotopic (exact) mass is 631 g/mol. The van der Waals surface area contributed by atoms with Gasteiger partial charge in [0.25, 0.3) is 0 Å². The second-order valence-electron chi connectivity index (χ2n) is 11.7. The number of para-hydroxylation sites is 2. The van der Waals surface area contributed by atoms with E-state index in [1.165, 1.54) is 0 Å². The predicted molar refractivity (Wildman–Crippen MR) is 201 cm³/mol. The van der Waals surface area contributed by atoms with Crippen LogP contribution in [0, 0.1) is 0 Å². The zero-order chi connectivity index (χ0) is 36.9. The van der Waals surface area contributed by atoms with Gasteiger partial charge >= 0.3 is 0 Å². The third-order valence-electron chi connectivity index (χ3n) is 8.74. The highest BCUT2D eigenvalue weighted by atomic mass is 15.0. The van der Waals surface area contributed by atoms with Crippen molar-refractivity contribution in [1.82, 2.24) is 19.5 Å². The van der Waals surface area contributed by atoms with Gasteiger partial charge in [-0.05, 0) is 41.0 Å². The van der Waals surface area contributed by atoms with Crippen LogP contribution in [0.2, 0.25) is 0 Å². The van der Waals surface area contributed by atoms with E-state index >= 15 is 0 Å². The van der Waals surface area contributed by atoms with Crippen LogP contribution < -0.4 is 0 Å². The van der Waals surface area contributed by atoms with Crippen LogP contribution in [-0.2, 0) is 0 Å². The number of nitrogens with zero attached hydrogens (tertiary/aromatic N) is 4. The Morgan fingerprint density at radius 3 is 1.55 bits per heavy atom. The lowest BCUT2D eigenvalue weighted by atomic mass is 10.0. The second kappa shape index (κ2) is 12.2. The fourth-order valence-corrected chi connectivity index (χ4v) is 6.45. The van der Waals surface area contributed by atoms with Gasteiger partial charge in [0.15, 0.2) is 17.5 Å². The van der Waals surface area contributed by atoms with Crippen molar-refractivity contribution in [2.75, 3.05) is 0 Å². The second-order valence-corrected chi connectivity index (χ2v) is 11.7. The fraction of sp³-hybridized carbons (Fsp3) is 0. The Hall–Kier alpha value is -6.65. The van der Waals surface area contributed by atoms with Crippen LogP contribution in [0.15, 0.2) is 182 Å². The standard InChI is InChI=1S/C45H30N4/c1-4-15-31(16-5-1)34-21-14-22-35(29-34)44-46-43(33-19-8-3-9-20-33)47-45(48-44)36-27-28-37(32-17-6-2-7-18-32)42(30-36)49-40-25-12-10-23-38(40)39-24-11-13-26-41(39)49/h1-30H/i2D,6D,7D,17D,18D. The van der Waals surface area contributed by atoms with Gasteiger partial charge in [-0.3, -0.25) is 0 Å². The number of hydrogen-bond donors (Lipinski definition) is 0. The van der Waals surface area contributed by atoms with Crippen LogP contribution in [0.1, 0.15) is 6.85 Å². The normalized spacial score (nSPS) is 12.7. The topological polar surface area (TPSA) is 43.6 Å². The maximum atomic E-state index is 8.95. The molecule has 0 spiro atoms. The number of hydrogen-bond acceptors (Lipinski definition) is 3. The molecular weight excluding hydrogens is 597 g/mol. The van der Waals surface area contributed by atoms with Gasteiger partial charge in [-0.25, -0.2) is 15.0 Å². The Kier molecular flexibility index (Phi) is 5.87. The summed E-state index contributed by atoms with van der Waals surface area (Å²) in [4.78, 5) is 15.1. The van der Waals surface area contributed by atoms with E-state index in [-0.39, 0.29) is 17.6 Å². The smallest absolute Gasteiger partial charge is 0.164 e. The summed E-state index contributed by atoms with van der Waals surface area (Å²) in [7, 11) is 0. The summed E-state index contributed by atoms with van der Waals surface area (Å²) in [6.45, 7) is 0. The molecule has 0 N–H and O–H groups in total. The average Bonchev–Trinajstić information content (AvgIpc) is 3.57. The molecule has 4 nitrogen and oxygen atoms in total. The van der Waals surface area contributed by atoms with Crippen molar-refractivity contribution in [1.29, 1.82) is 0 Å². The first kappa shape index (κ1) is 23.6. The van der Waals surface area contributed by atoms with E-state index in [1.54, 1.807) is 0 Å². The van der Waals surface area contributed by atoms with Gasteiger partial charge in [0.05, 0.1) is 23.6 Å². The Labute approximate surface area is 291 Å². The van der Waals surface area contributed by atoms with Crippen molar-refractivity contribution >= 4 is 21.8 Å². The van der Waals surface area contributed by atoms with Gasteiger partial charge in [0.2, 0.25) is 0 Å². The molecule has 0 saturated heterocycles. The quantitative estimate of drug-likeness (QED) is 0.183. The highest BCUT2D eigenvalue weighted by molar-refractivity contribution is 6.09. The first-order valence-electron chi connectivity index (χ1n) is 18.5. The molecule has 4 heteroatoms. The average molecular weight is 632 g/mol. The summed E-state index contributed by atoms with van der Waals surface area (Å²) in [5.41, 5.74) is 7.48. The molecule has 0 amide bonds. The zero-order valence-corrected chi connectivity index (χ0v) is 26.2. The van der Waals surface area contributed by atoms with Crippen LogP contribution in [0.25, 0.3) is 83.9 Å². The van der Waals surface area contributed by atoms with Gasteiger partial charge in [-0.1, -0.05) is 158 Å². The predicted octanol–water partition coefficient (Wildman–Crippen LogP) is 11.3. The van der Waals surface area contributed by atoms with E-state index in [2.05, 4.69) is 41.0 Å². The minimum atomic E-state index is -0.439. The third-order valence-corrected chi connectivity index (χ3v) is 8.74. The van der Waals surface area contributed by atoms with Gasteiger partial charge in [0.1, 0.15) is 0 Å². The minimum absolute atomic E-state index is 0.114. The van der Waals surface area contributed by atoms with Crippen molar-refractivity contribution < 1.29 is 6.85 Å². The maximum absolute atomic E-state index is 8.95. The molecule has 230 valence electrons. The first-order valence-corrected chi connectivity index (χ1v) is 16.0. The molecule has 9 aromatic rings. The Bertz CT molecular complexity index is 2810.